The Balaban J connectivity index is 0.0000000984. The number of nitrogens with zero attached hydrogens (tertiary/aromatic N) is 1. The molecule has 5 aromatic heterocycles. The van der Waals surface area contributed by atoms with Gasteiger partial charge in [-0.05, 0) is 185 Å². The van der Waals surface area contributed by atoms with E-state index in [0.717, 1.165) is 90.4 Å². The van der Waals surface area contributed by atoms with Gasteiger partial charge in [-0.2, -0.15) is 0 Å². The quantitative estimate of drug-likeness (QED) is 0.140. The zero-order valence-electron chi connectivity index (χ0n) is 74.4. The van der Waals surface area contributed by atoms with Gasteiger partial charge in [-0.15, -0.1) is 0 Å². The van der Waals surface area contributed by atoms with Gasteiger partial charge < -0.3 is 36.6 Å². The highest BCUT2D eigenvalue weighted by molar-refractivity contribution is 6.99. The predicted octanol–water partition coefficient (Wildman–Crippen LogP) is 28.2. The molecule has 0 spiro atoms. The third kappa shape index (κ3) is 14.5. The van der Waals surface area contributed by atoms with Crippen LogP contribution in [0.25, 0.3) is 104 Å². The van der Waals surface area contributed by atoms with Crippen molar-refractivity contribution >= 4 is 150 Å². The van der Waals surface area contributed by atoms with Crippen molar-refractivity contribution in [3.8, 4) is 46.0 Å². The lowest BCUT2D eigenvalue weighted by Gasteiger charge is -2.35. The highest BCUT2D eigenvalue weighted by atomic mass is 16.5. The fraction of sp³-hybridized carbons (Fsp3) is 0.211. The number of hydrogen-bond acceptors (Lipinski definition) is 7. The van der Waals surface area contributed by atoms with Gasteiger partial charge >= 0.3 is 0 Å². The maximum Gasteiger partial charge on any atom is 0.260 e. The average Bonchev–Trinajstić information content (AvgIpc) is 1.55. The van der Waals surface area contributed by atoms with Gasteiger partial charge in [0, 0.05) is 70.4 Å². The number of furan rings is 3. The Bertz CT molecular complexity index is 7350. The van der Waals surface area contributed by atoms with E-state index in [0.29, 0.717) is 0 Å². The first-order valence-electron chi connectivity index (χ1n) is 43.7. The second-order valence-corrected chi connectivity index (χ2v) is 39.8. The van der Waals surface area contributed by atoms with Crippen molar-refractivity contribution in [2.45, 2.75) is 157 Å². The number of benzene rings is 15. The Kier molecular flexibility index (Phi) is 19.8. The van der Waals surface area contributed by atoms with Gasteiger partial charge in [-0.25, -0.2) is 0 Å². The minimum Gasteiger partial charge on any atom is -0.458 e. The molecule has 0 bridgehead atoms. The summed E-state index contributed by atoms with van der Waals surface area (Å²) in [6.07, 6.45) is 0. The largest absolute Gasteiger partial charge is 0.458 e. The van der Waals surface area contributed by atoms with Gasteiger partial charge in [0.1, 0.15) is 79.5 Å². The van der Waals surface area contributed by atoms with Crippen LogP contribution >= 0.6 is 0 Å². The molecular formula is C114H105B2NO7. The lowest BCUT2D eigenvalue weighted by atomic mass is 9.34. The molecule has 20 aromatic rings. The molecule has 0 atom stereocenters. The van der Waals surface area contributed by atoms with Crippen molar-refractivity contribution < 1.29 is 32.2 Å². The highest BCUT2D eigenvalue weighted by Crippen LogP contribution is 2.46. The number of fused-ring (bicyclic) bond motifs is 23. The van der Waals surface area contributed by atoms with Crippen LogP contribution in [-0.2, 0) is 32.5 Å². The van der Waals surface area contributed by atoms with E-state index in [1.165, 1.54) is 126 Å². The fourth-order valence-electron chi connectivity index (χ4n) is 18.6. The monoisotopic (exact) mass is 1620 g/mol. The molecule has 0 fully saturated rings. The zero-order valence-corrected chi connectivity index (χ0v) is 74.4. The van der Waals surface area contributed by atoms with Crippen LogP contribution in [0.5, 0.6) is 46.0 Å². The number of hydrogen-bond donors (Lipinski definition) is 0. The van der Waals surface area contributed by atoms with Crippen LogP contribution in [0.15, 0.2) is 323 Å². The smallest absolute Gasteiger partial charge is 0.260 e. The Morgan fingerprint density at radius 2 is 0.597 bits per heavy atom. The van der Waals surface area contributed by atoms with E-state index in [1.54, 1.807) is 0 Å². The van der Waals surface area contributed by atoms with Crippen LogP contribution < -0.4 is 51.7 Å². The maximum atomic E-state index is 6.42. The lowest BCUT2D eigenvalue weighted by molar-refractivity contribution is 0.446. The summed E-state index contributed by atoms with van der Waals surface area (Å²) in [6, 6.07) is 108. The molecule has 15 aromatic carbocycles. The van der Waals surface area contributed by atoms with Crippen molar-refractivity contribution in [1.29, 1.82) is 0 Å². The first-order valence-corrected chi connectivity index (χ1v) is 43.7. The predicted molar refractivity (Wildman–Crippen MR) is 523 cm³/mol. The second kappa shape index (κ2) is 30.4. The van der Waals surface area contributed by atoms with E-state index in [4.69, 9.17) is 32.2 Å². The summed E-state index contributed by atoms with van der Waals surface area (Å²) in [6.45, 7) is 40.6. The van der Waals surface area contributed by atoms with Gasteiger partial charge in [0.25, 0.3) is 13.4 Å². The molecular weight excluding hydrogens is 1520 g/mol. The summed E-state index contributed by atoms with van der Waals surface area (Å²) in [4.78, 5) is 0. The first kappa shape index (κ1) is 80.5. The van der Waals surface area contributed by atoms with Crippen LogP contribution in [0.1, 0.15) is 158 Å². The van der Waals surface area contributed by atoms with Crippen LogP contribution in [0.3, 0.4) is 0 Å². The first-order chi connectivity index (χ1) is 59.3. The topological polar surface area (TPSA) is 80.8 Å². The molecule has 9 heterocycles. The van der Waals surface area contributed by atoms with Crippen LogP contribution in [0.2, 0.25) is 0 Å². The molecule has 24 rings (SSSR count). The summed E-state index contributed by atoms with van der Waals surface area (Å²) in [5.41, 5.74) is 25.4. The molecule has 4 aliphatic rings. The van der Waals surface area contributed by atoms with E-state index in [9.17, 15) is 0 Å². The minimum atomic E-state index is -0.00182. The van der Waals surface area contributed by atoms with Gasteiger partial charge in [0.2, 0.25) is 0 Å². The third-order valence-electron chi connectivity index (χ3n) is 25.0. The summed E-state index contributed by atoms with van der Waals surface area (Å²) in [7, 11) is 0. The molecule has 0 radical (unpaired) electrons. The number of rotatable bonds is 0. The number of para-hydroxylation sites is 10. The SMILES string of the molecule is CC(C)(C)c1cc2c3c(c1)Oc1ccccc1B3c1ccccc1O2.CC(C)(C)c1cc2c3ccccc3n3c4ccccc4c(c1)c23.CC(C)(C)c1ccc2c3c1Oc1ccccc1B3c1ccccc1O2.CC(C)(C)c1ccc2oc3ccccc3c2c1.CC(C)(C)c1cccc2c1oc1ccccc12.CC(C)(C)c1cccc2oc3ccccc3c12. The van der Waals surface area contributed by atoms with Crippen molar-refractivity contribution in [1.82, 2.24) is 4.40 Å². The summed E-state index contributed by atoms with van der Waals surface area (Å²) >= 11 is 0. The van der Waals surface area contributed by atoms with E-state index < -0.39 is 0 Å². The number of ether oxygens (including phenoxy) is 4. The molecule has 0 N–H and O–H groups in total. The van der Waals surface area contributed by atoms with E-state index >= 15 is 0 Å². The van der Waals surface area contributed by atoms with Gasteiger partial charge in [-0.3, -0.25) is 0 Å². The normalized spacial score (nSPS) is 13.1. The Morgan fingerprint density at radius 3 is 1.11 bits per heavy atom. The Hall–Kier alpha value is -13.2. The van der Waals surface area contributed by atoms with Crippen LogP contribution in [0.4, 0.5) is 0 Å². The highest BCUT2D eigenvalue weighted by Gasteiger charge is 2.44. The summed E-state index contributed by atoms with van der Waals surface area (Å²) in [5, 5.41) is 12.8. The summed E-state index contributed by atoms with van der Waals surface area (Å²) < 4.78 is 45.4. The molecule has 124 heavy (non-hydrogen) atoms. The van der Waals surface area contributed by atoms with E-state index in [1.807, 2.05) is 72.8 Å². The van der Waals surface area contributed by atoms with Gasteiger partial charge in [0.05, 0.1) is 16.6 Å². The Labute approximate surface area is 727 Å². The molecule has 0 saturated heterocycles. The van der Waals surface area contributed by atoms with Crippen molar-refractivity contribution in [2.75, 3.05) is 0 Å². The van der Waals surface area contributed by atoms with Crippen molar-refractivity contribution in [2.24, 2.45) is 0 Å². The lowest BCUT2D eigenvalue weighted by Crippen LogP contribution is -2.57. The molecule has 614 valence electrons. The Morgan fingerprint density at radius 1 is 0.226 bits per heavy atom. The van der Waals surface area contributed by atoms with Crippen LogP contribution in [-0.4, -0.2) is 17.8 Å². The molecule has 0 amide bonds. The fourth-order valence-corrected chi connectivity index (χ4v) is 18.6. The molecule has 8 nitrogen and oxygen atoms in total. The van der Waals surface area contributed by atoms with Crippen LogP contribution in [0, 0.1) is 0 Å². The van der Waals surface area contributed by atoms with Gasteiger partial charge in [-0.1, -0.05) is 331 Å². The average molecular weight is 1620 g/mol. The maximum absolute atomic E-state index is 6.42. The van der Waals surface area contributed by atoms with Crippen molar-refractivity contribution in [3.05, 3.63) is 343 Å². The van der Waals surface area contributed by atoms with E-state index in [-0.39, 0.29) is 45.9 Å². The molecule has 4 aliphatic heterocycles. The van der Waals surface area contributed by atoms with E-state index in [2.05, 4.69) is 366 Å². The molecule has 0 aliphatic carbocycles. The second-order valence-electron chi connectivity index (χ2n) is 39.8. The van der Waals surface area contributed by atoms with Gasteiger partial charge in [0.15, 0.2) is 0 Å². The molecule has 0 saturated carbocycles. The molecule has 10 heteroatoms. The van der Waals surface area contributed by atoms with Crippen molar-refractivity contribution in [3.63, 3.8) is 0 Å². The standard InChI is InChI=1S/2C22H19BO2.C22H19N.3C16H16O/c1-22(2,3)14-12-19-21-20(13-14)25-18-11-7-5-9-16(18)23(21)15-8-4-6-10-17(15)24-19;1-22(2,3)14-12-13-19-20-21(14)25-18-11-7-5-9-16(18)23(20)15-8-4-6-10-17(15)24-19;1-22(2,3)14-12-17-15-8-4-6-10-19(15)23-20-11-7-5-9-16(20)18(13-14)21(17)23;1-16(2,3)13-9-6-8-12-11-7-4-5-10-14(11)17-15(12)13;1-16(2,3)12-8-6-10-14-15(12)11-7-4-5-9-13(11)17-14;1-16(2,3)11-8-9-15-13(10-11)12-6-4-5-7-14(12)17-15/h2*4-13H,1-3H3;4-13H,1-3H3;3*4-10H,1-3H3. The number of aromatic nitrogens is 1. The summed E-state index contributed by atoms with van der Waals surface area (Å²) in [5.74, 6) is 7.46. The third-order valence-corrected chi connectivity index (χ3v) is 25.0. The minimum absolute atomic E-state index is 0.00182. The molecule has 0 unspecified atom stereocenters. The zero-order chi connectivity index (χ0) is 86.3.